The van der Waals surface area contributed by atoms with Gasteiger partial charge < -0.3 is 5.32 Å². The fourth-order valence-electron chi connectivity index (χ4n) is 2.03. The molecule has 0 bridgehead atoms. The van der Waals surface area contributed by atoms with Crippen LogP contribution < -0.4 is 5.32 Å². The molecule has 3 heteroatoms. The third-order valence-electron chi connectivity index (χ3n) is 3.08. The number of nitrogens with zero attached hydrogens (tertiary/aromatic N) is 1. The van der Waals surface area contributed by atoms with Crippen LogP contribution in [0.5, 0.6) is 0 Å². The first-order chi connectivity index (χ1) is 7.90. The van der Waals surface area contributed by atoms with Gasteiger partial charge in [0.05, 0.1) is 0 Å². The number of rotatable bonds is 8. The molecular formula is C13H22N2S. The summed E-state index contributed by atoms with van der Waals surface area (Å²) in [6.45, 7) is 6.81. The summed E-state index contributed by atoms with van der Waals surface area (Å²) in [6, 6.07) is 3.13. The van der Waals surface area contributed by atoms with Crippen molar-refractivity contribution < 1.29 is 0 Å². The zero-order chi connectivity index (χ0) is 11.2. The van der Waals surface area contributed by atoms with E-state index in [9.17, 15) is 0 Å². The maximum absolute atomic E-state index is 3.40. The molecule has 0 aliphatic heterocycles. The van der Waals surface area contributed by atoms with Gasteiger partial charge in [-0.25, -0.2) is 0 Å². The lowest BCUT2D eigenvalue weighted by molar-refractivity contribution is 0.251. The lowest BCUT2D eigenvalue weighted by Gasteiger charge is -2.21. The number of hydrogen-bond acceptors (Lipinski definition) is 3. The summed E-state index contributed by atoms with van der Waals surface area (Å²) < 4.78 is 0. The molecule has 1 fully saturated rings. The number of thiophene rings is 1. The lowest BCUT2D eigenvalue weighted by Crippen LogP contribution is -2.29. The first-order valence-corrected chi connectivity index (χ1v) is 7.30. The minimum atomic E-state index is 0.876. The first-order valence-electron chi connectivity index (χ1n) is 6.36. The van der Waals surface area contributed by atoms with Crippen LogP contribution >= 0.6 is 11.3 Å². The Labute approximate surface area is 103 Å². The smallest absolute Gasteiger partial charge is 0.0244 e. The van der Waals surface area contributed by atoms with Gasteiger partial charge in [-0.15, -0.1) is 0 Å². The average molecular weight is 238 g/mol. The molecule has 0 amide bonds. The van der Waals surface area contributed by atoms with Crippen LogP contribution in [0.3, 0.4) is 0 Å². The quantitative estimate of drug-likeness (QED) is 0.701. The minimum Gasteiger partial charge on any atom is -0.317 e. The summed E-state index contributed by atoms with van der Waals surface area (Å²) in [5.74, 6) is 0. The predicted molar refractivity (Wildman–Crippen MR) is 70.9 cm³/mol. The fraction of sp³-hybridized carbons (Fsp3) is 0.692. The van der Waals surface area contributed by atoms with Gasteiger partial charge in [-0.3, -0.25) is 4.90 Å². The van der Waals surface area contributed by atoms with Gasteiger partial charge in [0.1, 0.15) is 0 Å². The molecule has 0 radical (unpaired) electrons. The molecule has 0 spiro atoms. The molecule has 2 rings (SSSR count). The first kappa shape index (κ1) is 12.1. The van der Waals surface area contributed by atoms with Gasteiger partial charge in [0.25, 0.3) is 0 Å². The van der Waals surface area contributed by atoms with Crippen molar-refractivity contribution >= 4 is 11.3 Å². The molecule has 1 aromatic rings. The van der Waals surface area contributed by atoms with Crippen LogP contribution in [0.2, 0.25) is 0 Å². The van der Waals surface area contributed by atoms with Crippen LogP contribution in [0.25, 0.3) is 0 Å². The second kappa shape index (κ2) is 6.38. The molecule has 0 atom stereocenters. The van der Waals surface area contributed by atoms with Crippen LogP contribution in [-0.2, 0) is 6.54 Å². The number of hydrogen-bond donors (Lipinski definition) is 1. The summed E-state index contributed by atoms with van der Waals surface area (Å²) in [6.07, 6.45) is 4.09. The fourth-order valence-corrected chi connectivity index (χ4v) is 2.69. The van der Waals surface area contributed by atoms with Crippen LogP contribution in [-0.4, -0.2) is 30.6 Å². The van der Waals surface area contributed by atoms with E-state index in [4.69, 9.17) is 0 Å². The largest absolute Gasteiger partial charge is 0.317 e. The third kappa shape index (κ3) is 3.89. The normalized spacial score (nSPS) is 15.9. The summed E-state index contributed by atoms with van der Waals surface area (Å²) >= 11 is 1.81. The summed E-state index contributed by atoms with van der Waals surface area (Å²) in [5.41, 5.74) is 1.49. The van der Waals surface area contributed by atoms with E-state index in [0.29, 0.717) is 0 Å². The van der Waals surface area contributed by atoms with Crippen molar-refractivity contribution in [2.75, 3.05) is 19.6 Å². The highest BCUT2D eigenvalue weighted by Crippen LogP contribution is 2.28. The van der Waals surface area contributed by atoms with E-state index in [1.165, 1.54) is 31.4 Å². The zero-order valence-electron chi connectivity index (χ0n) is 10.1. The van der Waals surface area contributed by atoms with E-state index in [1.807, 2.05) is 0 Å². The summed E-state index contributed by atoms with van der Waals surface area (Å²) in [5, 5.41) is 7.85. The molecule has 0 aromatic carbocycles. The van der Waals surface area contributed by atoms with Gasteiger partial charge in [0, 0.05) is 12.6 Å². The molecular weight excluding hydrogens is 216 g/mol. The van der Waals surface area contributed by atoms with Crippen molar-refractivity contribution in [1.82, 2.24) is 10.2 Å². The lowest BCUT2D eigenvalue weighted by atomic mass is 10.3. The van der Waals surface area contributed by atoms with Crippen LogP contribution in [0.4, 0.5) is 0 Å². The van der Waals surface area contributed by atoms with Crippen molar-refractivity contribution in [2.24, 2.45) is 0 Å². The van der Waals surface area contributed by atoms with Crippen molar-refractivity contribution in [3.63, 3.8) is 0 Å². The number of nitrogens with one attached hydrogen (secondary N) is 1. The van der Waals surface area contributed by atoms with Crippen molar-refractivity contribution in [2.45, 2.75) is 38.8 Å². The highest BCUT2D eigenvalue weighted by atomic mass is 32.1. The van der Waals surface area contributed by atoms with Gasteiger partial charge >= 0.3 is 0 Å². The molecule has 0 unspecified atom stereocenters. The van der Waals surface area contributed by atoms with E-state index >= 15 is 0 Å². The topological polar surface area (TPSA) is 15.3 Å². The van der Waals surface area contributed by atoms with Gasteiger partial charge in [0.2, 0.25) is 0 Å². The zero-order valence-corrected chi connectivity index (χ0v) is 10.9. The van der Waals surface area contributed by atoms with E-state index in [1.54, 1.807) is 11.3 Å². The molecule has 1 heterocycles. The van der Waals surface area contributed by atoms with Gasteiger partial charge in [-0.2, -0.15) is 11.3 Å². The molecule has 2 nitrogen and oxygen atoms in total. The molecule has 1 saturated carbocycles. The highest BCUT2D eigenvalue weighted by Gasteiger charge is 2.28. The Morgan fingerprint density at radius 1 is 1.50 bits per heavy atom. The van der Waals surface area contributed by atoms with Crippen molar-refractivity contribution in [1.29, 1.82) is 0 Å². The summed E-state index contributed by atoms with van der Waals surface area (Å²) in [7, 11) is 0. The molecule has 16 heavy (non-hydrogen) atoms. The van der Waals surface area contributed by atoms with Gasteiger partial charge in [-0.1, -0.05) is 6.92 Å². The Morgan fingerprint density at radius 3 is 3.00 bits per heavy atom. The highest BCUT2D eigenvalue weighted by molar-refractivity contribution is 7.07. The van der Waals surface area contributed by atoms with Crippen LogP contribution in [0.1, 0.15) is 31.7 Å². The molecule has 90 valence electrons. The Kier molecular flexibility index (Phi) is 4.82. The minimum absolute atomic E-state index is 0.876. The molecule has 0 saturated heterocycles. The van der Waals surface area contributed by atoms with E-state index in [-0.39, 0.29) is 0 Å². The molecule has 1 aliphatic carbocycles. The van der Waals surface area contributed by atoms with Gasteiger partial charge in [0.15, 0.2) is 0 Å². The standard InChI is InChI=1S/C13H22N2S/c1-2-14-7-3-8-15(13-4-5-13)10-12-6-9-16-11-12/h6,9,11,13-14H,2-5,7-8,10H2,1H3. The Morgan fingerprint density at radius 2 is 2.38 bits per heavy atom. The summed E-state index contributed by atoms with van der Waals surface area (Å²) in [4.78, 5) is 2.65. The van der Waals surface area contributed by atoms with Crippen LogP contribution in [0, 0.1) is 0 Å². The Balaban J connectivity index is 1.72. The predicted octanol–water partition coefficient (Wildman–Crippen LogP) is 2.71. The second-order valence-electron chi connectivity index (χ2n) is 4.54. The monoisotopic (exact) mass is 238 g/mol. The SMILES string of the molecule is CCNCCCN(Cc1ccsc1)C1CC1. The molecule has 1 aliphatic rings. The Bertz CT molecular complexity index is 280. The van der Waals surface area contributed by atoms with Crippen molar-refractivity contribution in [3.8, 4) is 0 Å². The second-order valence-corrected chi connectivity index (χ2v) is 5.32. The average Bonchev–Trinajstić information content (AvgIpc) is 3.02. The molecule has 1 aromatic heterocycles. The van der Waals surface area contributed by atoms with E-state index in [0.717, 1.165) is 25.7 Å². The van der Waals surface area contributed by atoms with Gasteiger partial charge in [-0.05, 0) is 61.3 Å². The third-order valence-corrected chi connectivity index (χ3v) is 3.81. The Hall–Kier alpha value is -0.380. The maximum atomic E-state index is 3.40. The van der Waals surface area contributed by atoms with E-state index < -0.39 is 0 Å². The maximum Gasteiger partial charge on any atom is 0.0244 e. The van der Waals surface area contributed by atoms with E-state index in [2.05, 4.69) is 34.0 Å². The van der Waals surface area contributed by atoms with Crippen LogP contribution in [0.15, 0.2) is 16.8 Å². The molecule has 1 N–H and O–H groups in total. The van der Waals surface area contributed by atoms with Crippen molar-refractivity contribution in [3.05, 3.63) is 22.4 Å².